The summed E-state index contributed by atoms with van der Waals surface area (Å²) in [6, 6.07) is 7.08. The van der Waals surface area contributed by atoms with Crippen molar-refractivity contribution < 1.29 is 57.1 Å². The molecule has 37 heavy (non-hydrogen) atoms. The molecular formula is C25H24O12. The third-order valence-electron chi connectivity index (χ3n) is 6.30. The van der Waals surface area contributed by atoms with Crippen molar-refractivity contribution in [1.29, 1.82) is 0 Å². The Bertz CT molecular complexity index is 1240. The normalized spacial score (nSPS) is 21.6. The van der Waals surface area contributed by atoms with Gasteiger partial charge in [-0.3, -0.25) is 19.2 Å². The van der Waals surface area contributed by atoms with Gasteiger partial charge < -0.3 is 37.9 Å². The highest BCUT2D eigenvalue weighted by molar-refractivity contribution is 6.28. The van der Waals surface area contributed by atoms with E-state index < -0.39 is 41.1 Å². The van der Waals surface area contributed by atoms with Crippen molar-refractivity contribution in [2.45, 2.75) is 6.10 Å². The quantitative estimate of drug-likeness (QED) is 0.219. The van der Waals surface area contributed by atoms with E-state index in [4.69, 9.17) is 37.9 Å². The van der Waals surface area contributed by atoms with Crippen LogP contribution in [-0.4, -0.2) is 66.0 Å². The number of esters is 3. The molecular weight excluding hydrogens is 492 g/mol. The van der Waals surface area contributed by atoms with E-state index in [1.807, 2.05) is 0 Å². The lowest BCUT2D eigenvalue weighted by molar-refractivity contribution is -0.165. The van der Waals surface area contributed by atoms with E-state index >= 15 is 0 Å². The number of methoxy groups -OCH3 is 5. The van der Waals surface area contributed by atoms with Crippen LogP contribution in [0.4, 0.5) is 0 Å². The molecule has 196 valence electrons. The van der Waals surface area contributed by atoms with Crippen molar-refractivity contribution >= 4 is 23.7 Å². The lowest BCUT2D eigenvalue weighted by Crippen LogP contribution is -2.52. The summed E-state index contributed by atoms with van der Waals surface area (Å²) in [7, 11) is 6.09. The van der Waals surface area contributed by atoms with Crippen LogP contribution in [0.2, 0.25) is 0 Å². The number of ether oxygens (including phenoxy) is 8. The van der Waals surface area contributed by atoms with Crippen LogP contribution in [0.3, 0.4) is 0 Å². The predicted molar refractivity (Wildman–Crippen MR) is 122 cm³/mol. The van der Waals surface area contributed by atoms with Crippen LogP contribution in [0.1, 0.15) is 22.0 Å². The molecule has 1 fully saturated rings. The molecule has 0 radical (unpaired) electrons. The summed E-state index contributed by atoms with van der Waals surface area (Å²) in [5, 5.41) is 0. The number of ketones is 1. The molecule has 0 amide bonds. The van der Waals surface area contributed by atoms with Crippen molar-refractivity contribution in [3.05, 3.63) is 41.5 Å². The summed E-state index contributed by atoms with van der Waals surface area (Å²) in [6.07, 6.45) is -1.39. The number of rotatable bonds is 8. The molecule has 3 atom stereocenters. The van der Waals surface area contributed by atoms with E-state index in [0.717, 1.165) is 14.2 Å². The largest absolute Gasteiger partial charge is 0.493 e. The highest BCUT2D eigenvalue weighted by Gasteiger charge is 2.71. The van der Waals surface area contributed by atoms with Gasteiger partial charge in [-0.05, 0) is 29.8 Å². The maximum Gasteiger partial charge on any atom is 0.333 e. The van der Waals surface area contributed by atoms with Crippen LogP contribution in [0, 0.1) is 11.3 Å². The van der Waals surface area contributed by atoms with Crippen molar-refractivity contribution in [3.8, 4) is 28.7 Å². The van der Waals surface area contributed by atoms with Crippen molar-refractivity contribution in [2.24, 2.45) is 11.3 Å². The fraction of sp³-hybridized carbons (Fsp3) is 0.360. The fourth-order valence-electron chi connectivity index (χ4n) is 4.55. The Morgan fingerprint density at radius 2 is 1.51 bits per heavy atom. The molecule has 2 aromatic rings. The van der Waals surface area contributed by atoms with Gasteiger partial charge in [0.15, 0.2) is 28.8 Å². The number of carbonyl (C=O) groups is 4. The lowest BCUT2D eigenvalue weighted by atomic mass is 9.68. The number of hydrogen-bond donors (Lipinski definition) is 0. The number of cyclic esters (lactones) is 1. The molecule has 0 spiro atoms. The van der Waals surface area contributed by atoms with Crippen LogP contribution in [0.25, 0.3) is 0 Å². The summed E-state index contributed by atoms with van der Waals surface area (Å²) >= 11 is 0. The van der Waals surface area contributed by atoms with Gasteiger partial charge in [-0.25, -0.2) is 0 Å². The van der Waals surface area contributed by atoms with E-state index in [0.29, 0.717) is 11.5 Å². The predicted octanol–water partition coefficient (Wildman–Crippen LogP) is 1.87. The third kappa shape index (κ3) is 3.85. The minimum absolute atomic E-state index is 0.0185. The fourth-order valence-corrected chi connectivity index (χ4v) is 4.55. The number of Topliss-reactive ketones (excluding diaryl/α,β-unsaturated/α-hetero) is 1. The molecule has 2 aliphatic heterocycles. The van der Waals surface area contributed by atoms with Crippen molar-refractivity contribution in [3.63, 3.8) is 0 Å². The van der Waals surface area contributed by atoms with Gasteiger partial charge in [-0.15, -0.1) is 0 Å². The van der Waals surface area contributed by atoms with E-state index in [1.54, 1.807) is 6.07 Å². The van der Waals surface area contributed by atoms with Crippen LogP contribution in [0.5, 0.6) is 28.7 Å². The van der Waals surface area contributed by atoms with Gasteiger partial charge >= 0.3 is 17.9 Å². The zero-order chi connectivity index (χ0) is 26.9. The summed E-state index contributed by atoms with van der Waals surface area (Å²) in [6.45, 7) is -0.0185. The summed E-state index contributed by atoms with van der Waals surface area (Å²) < 4.78 is 41.9. The second-order valence-electron chi connectivity index (χ2n) is 7.98. The molecule has 0 saturated carbocycles. The first-order valence-corrected chi connectivity index (χ1v) is 10.9. The molecule has 4 rings (SSSR count). The molecule has 2 aromatic carbocycles. The highest BCUT2D eigenvalue weighted by atomic mass is 16.7. The molecule has 1 saturated heterocycles. The van der Waals surface area contributed by atoms with Crippen LogP contribution >= 0.6 is 0 Å². The molecule has 0 N–H and O–H groups in total. The van der Waals surface area contributed by atoms with Crippen LogP contribution in [-0.2, 0) is 28.6 Å². The second-order valence-corrected chi connectivity index (χ2v) is 7.98. The number of benzene rings is 2. The molecule has 12 nitrogen and oxygen atoms in total. The van der Waals surface area contributed by atoms with E-state index in [2.05, 4.69) is 0 Å². The first-order valence-electron chi connectivity index (χ1n) is 10.9. The Morgan fingerprint density at radius 3 is 2.08 bits per heavy atom. The van der Waals surface area contributed by atoms with Gasteiger partial charge in [0.25, 0.3) is 0 Å². The third-order valence-corrected chi connectivity index (χ3v) is 6.30. The maximum atomic E-state index is 14.1. The minimum atomic E-state index is -2.74. The molecule has 0 aliphatic carbocycles. The standard InChI is InChI=1S/C25H24O12/c1-30-16-9-13(10-17(31-2)20(16)32-3)21(26)25(23(28)34-5)18(22(27)33-4)19(37-24(25)29)12-6-7-14-15(8-12)36-11-35-14/h6-10,18-19H,11H2,1-5H3. The first kappa shape index (κ1) is 25.6. The highest BCUT2D eigenvalue weighted by Crippen LogP contribution is 2.52. The Labute approximate surface area is 211 Å². The van der Waals surface area contributed by atoms with Gasteiger partial charge in [0.1, 0.15) is 12.0 Å². The Morgan fingerprint density at radius 1 is 0.865 bits per heavy atom. The molecule has 12 heteroatoms. The number of fused-ring (bicyclic) bond motifs is 1. The molecule has 0 aromatic heterocycles. The first-order chi connectivity index (χ1) is 17.8. The Balaban J connectivity index is 1.92. The smallest absolute Gasteiger partial charge is 0.333 e. The van der Waals surface area contributed by atoms with Gasteiger partial charge in [-0.2, -0.15) is 0 Å². The minimum Gasteiger partial charge on any atom is -0.493 e. The molecule has 2 heterocycles. The topological polar surface area (TPSA) is 142 Å². The Hall–Kier alpha value is -4.48. The molecule has 0 bridgehead atoms. The van der Waals surface area contributed by atoms with Crippen LogP contribution < -0.4 is 23.7 Å². The van der Waals surface area contributed by atoms with E-state index in [-0.39, 0.29) is 35.2 Å². The maximum absolute atomic E-state index is 14.1. The molecule has 2 aliphatic rings. The average molecular weight is 516 g/mol. The zero-order valence-corrected chi connectivity index (χ0v) is 20.6. The SMILES string of the molecule is COC(=O)C1C(c2ccc3c(c2)OCO3)OC(=O)C1(C(=O)OC)C(=O)c1cc(OC)c(OC)c(OC)c1. The van der Waals surface area contributed by atoms with Gasteiger partial charge in [0.2, 0.25) is 18.0 Å². The lowest BCUT2D eigenvalue weighted by Gasteiger charge is -2.27. The summed E-state index contributed by atoms with van der Waals surface area (Å²) in [5.41, 5.74) is -2.67. The number of carbonyl (C=O) groups excluding carboxylic acids is 4. The van der Waals surface area contributed by atoms with Crippen molar-refractivity contribution in [2.75, 3.05) is 42.3 Å². The van der Waals surface area contributed by atoms with Gasteiger partial charge in [-0.1, -0.05) is 6.07 Å². The molecule has 3 unspecified atom stereocenters. The Kier molecular flexibility index (Phi) is 6.84. The monoisotopic (exact) mass is 516 g/mol. The van der Waals surface area contributed by atoms with Crippen LogP contribution in [0.15, 0.2) is 30.3 Å². The van der Waals surface area contributed by atoms with Gasteiger partial charge in [0, 0.05) is 5.56 Å². The van der Waals surface area contributed by atoms with E-state index in [9.17, 15) is 19.2 Å². The van der Waals surface area contributed by atoms with Crippen molar-refractivity contribution in [1.82, 2.24) is 0 Å². The van der Waals surface area contributed by atoms with Gasteiger partial charge in [0.05, 0.1) is 35.5 Å². The second kappa shape index (κ2) is 9.88. The summed E-state index contributed by atoms with van der Waals surface area (Å²) in [5.74, 6) is -5.33. The average Bonchev–Trinajstić information content (AvgIpc) is 3.52. The summed E-state index contributed by atoms with van der Waals surface area (Å²) in [4.78, 5) is 54.1. The zero-order valence-electron chi connectivity index (χ0n) is 20.6. The number of hydrogen-bond acceptors (Lipinski definition) is 12. The van der Waals surface area contributed by atoms with E-state index in [1.165, 1.54) is 45.6 Å².